The van der Waals surface area contributed by atoms with Gasteiger partial charge in [-0.15, -0.1) is 0 Å². The van der Waals surface area contributed by atoms with Crippen LogP contribution in [0.15, 0.2) is 24.3 Å². The third-order valence-corrected chi connectivity index (χ3v) is 7.22. The summed E-state index contributed by atoms with van der Waals surface area (Å²) in [6.45, 7) is 12.6. The third kappa shape index (κ3) is 16.0. The van der Waals surface area contributed by atoms with Gasteiger partial charge < -0.3 is 35.5 Å². The van der Waals surface area contributed by atoms with Crippen LogP contribution in [-0.2, 0) is 44.8 Å². The molecule has 0 aliphatic heterocycles. The molecular formula is C30H47IN4O8. The van der Waals surface area contributed by atoms with Crippen molar-refractivity contribution in [1.29, 1.82) is 0 Å². The lowest BCUT2D eigenvalue weighted by Gasteiger charge is -2.24. The van der Waals surface area contributed by atoms with Crippen molar-refractivity contribution in [3.05, 3.63) is 29.8 Å². The van der Waals surface area contributed by atoms with Crippen LogP contribution in [0.4, 0.5) is 5.69 Å². The van der Waals surface area contributed by atoms with Crippen molar-refractivity contribution in [2.75, 3.05) is 42.7 Å². The first-order valence-electron chi connectivity index (χ1n) is 14.5. The molecule has 1 aromatic rings. The lowest BCUT2D eigenvalue weighted by Crippen LogP contribution is -2.53. The molecule has 13 heteroatoms. The molecule has 3 atom stereocenters. The summed E-state index contributed by atoms with van der Waals surface area (Å²) in [7, 11) is 0. The van der Waals surface area contributed by atoms with Gasteiger partial charge in [0.25, 0.3) is 0 Å². The number of alkyl halides is 1. The van der Waals surface area contributed by atoms with Crippen LogP contribution < -0.4 is 21.3 Å². The van der Waals surface area contributed by atoms with Gasteiger partial charge in [-0.25, -0.2) is 0 Å². The SMILES string of the molecule is CC(C)C(C)C(=O)OCc1ccc(NC(=O)[C@H](C)NC(=O)[C@@H](NC(=O)CCOCCOCCNC(=O)CI)C(C)C)cc1. The highest BCUT2D eigenvalue weighted by atomic mass is 127. The average molecular weight is 719 g/mol. The second-order valence-corrected chi connectivity index (χ2v) is 11.6. The predicted molar refractivity (Wildman–Crippen MR) is 171 cm³/mol. The van der Waals surface area contributed by atoms with E-state index in [1.807, 2.05) is 43.4 Å². The molecule has 1 unspecified atom stereocenters. The highest BCUT2D eigenvalue weighted by molar-refractivity contribution is 14.1. The number of ether oxygens (including phenoxy) is 3. The first-order valence-corrected chi connectivity index (χ1v) is 16.0. The van der Waals surface area contributed by atoms with E-state index in [0.717, 1.165) is 5.56 Å². The molecule has 1 rings (SSSR count). The molecule has 0 saturated carbocycles. The molecule has 0 fully saturated rings. The molecule has 4 N–H and O–H groups in total. The molecule has 0 spiro atoms. The minimum Gasteiger partial charge on any atom is -0.461 e. The average Bonchev–Trinajstić information content (AvgIpc) is 2.97. The number of amides is 4. The molecule has 0 aliphatic rings. The molecule has 43 heavy (non-hydrogen) atoms. The van der Waals surface area contributed by atoms with Crippen LogP contribution in [0.25, 0.3) is 0 Å². The van der Waals surface area contributed by atoms with E-state index in [0.29, 0.717) is 36.5 Å². The van der Waals surface area contributed by atoms with Crippen molar-refractivity contribution >= 4 is 57.9 Å². The molecule has 0 bridgehead atoms. The molecule has 4 amide bonds. The van der Waals surface area contributed by atoms with Gasteiger partial charge in [-0.1, -0.05) is 69.3 Å². The Labute approximate surface area is 268 Å². The van der Waals surface area contributed by atoms with Crippen LogP contribution in [0, 0.1) is 17.8 Å². The van der Waals surface area contributed by atoms with Crippen molar-refractivity contribution in [3.8, 4) is 0 Å². The van der Waals surface area contributed by atoms with Crippen LogP contribution in [0.5, 0.6) is 0 Å². The number of benzene rings is 1. The molecule has 0 heterocycles. The van der Waals surface area contributed by atoms with E-state index < -0.39 is 23.9 Å². The Morgan fingerprint density at radius 3 is 1.98 bits per heavy atom. The van der Waals surface area contributed by atoms with Gasteiger partial charge in [0, 0.05) is 18.7 Å². The van der Waals surface area contributed by atoms with Gasteiger partial charge in [0.2, 0.25) is 23.6 Å². The summed E-state index contributed by atoms with van der Waals surface area (Å²) in [5.74, 6) is -1.76. The Morgan fingerprint density at radius 2 is 1.40 bits per heavy atom. The molecule has 1 aromatic carbocycles. The van der Waals surface area contributed by atoms with Crippen LogP contribution in [-0.4, -0.2) is 79.1 Å². The fraction of sp³-hybridized carbons (Fsp3) is 0.633. The number of carbonyl (C=O) groups is 5. The molecule has 0 radical (unpaired) electrons. The van der Waals surface area contributed by atoms with Crippen LogP contribution >= 0.6 is 22.6 Å². The van der Waals surface area contributed by atoms with E-state index in [2.05, 4.69) is 21.3 Å². The molecule has 0 aromatic heterocycles. The Hall–Kier alpha value is -2.78. The maximum absolute atomic E-state index is 12.9. The number of esters is 1. The number of hydrogen-bond donors (Lipinski definition) is 4. The standard InChI is InChI=1S/C30H47IN4O8/c1-19(2)21(5)30(40)43-18-23-7-9-24(10-8-23)34-28(38)22(6)33-29(39)27(20(3)4)35-25(36)11-13-41-15-16-42-14-12-32-26(37)17-31/h7-10,19-22,27H,11-18H2,1-6H3,(H,32,37)(H,33,39)(H,34,38)(H,35,36)/t21?,22-,27-/m0/s1. The van der Waals surface area contributed by atoms with E-state index in [4.69, 9.17) is 14.2 Å². The summed E-state index contributed by atoms with van der Waals surface area (Å²) in [5, 5.41) is 10.8. The van der Waals surface area contributed by atoms with Crippen LogP contribution in [0.1, 0.15) is 53.5 Å². The van der Waals surface area contributed by atoms with Crippen molar-refractivity contribution in [1.82, 2.24) is 16.0 Å². The Bertz CT molecular complexity index is 1040. The summed E-state index contributed by atoms with van der Waals surface area (Å²) in [6.07, 6.45) is 0.0597. The van der Waals surface area contributed by atoms with Crippen molar-refractivity contribution < 1.29 is 38.2 Å². The van der Waals surface area contributed by atoms with Crippen molar-refractivity contribution in [2.45, 2.75) is 66.7 Å². The van der Waals surface area contributed by atoms with Gasteiger partial charge in [-0.2, -0.15) is 0 Å². The minimum atomic E-state index is -0.859. The Kier molecular flexibility index (Phi) is 18.7. The third-order valence-electron chi connectivity index (χ3n) is 6.53. The summed E-state index contributed by atoms with van der Waals surface area (Å²) in [5.41, 5.74) is 1.31. The monoisotopic (exact) mass is 718 g/mol. The van der Waals surface area contributed by atoms with Crippen LogP contribution in [0.2, 0.25) is 0 Å². The molecule has 242 valence electrons. The van der Waals surface area contributed by atoms with Crippen molar-refractivity contribution in [3.63, 3.8) is 0 Å². The smallest absolute Gasteiger partial charge is 0.309 e. The summed E-state index contributed by atoms with van der Waals surface area (Å²) in [4.78, 5) is 61.2. The van der Waals surface area contributed by atoms with E-state index in [9.17, 15) is 24.0 Å². The van der Waals surface area contributed by atoms with E-state index in [1.54, 1.807) is 45.0 Å². The van der Waals surface area contributed by atoms with Gasteiger partial charge in [0.05, 0.1) is 36.8 Å². The van der Waals surface area contributed by atoms with Gasteiger partial charge in [-0.05, 0) is 36.5 Å². The van der Waals surface area contributed by atoms with Gasteiger partial charge in [0.1, 0.15) is 18.7 Å². The highest BCUT2D eigenvalue weighted by Crippen LogP contribution is 2.15. The van der Waals surface area contributed by atoms with E-state index >= 15 is 0 Å². The summed E-state index contributed by atoms with van der Waals surface area (Å²) < 4.78 is 16.5. The molecule has 0 saturated heterocycles. The zero-order chi connectivity index (χ0) is 32.4. The van der Waals surface area contributed by atoms with E-state index in [-0.39, 0.29) is 55.2 Å². The number of carbonyl (C=O) groups excluding carboxylic acids is 5. The largest absolute Gasteiger partial charge is 0.461 e. The first kappa shape index (κ1) is 38.2. The fourth-order valence-electron chi connectivity index (χ4n) is 3.44. The van der Waals surface area contributed by atoms with Gasteiger partial charge >= 0.3 is 5.97 Å². The van der Waals surface area contributed by atoms with Crippen LogP contribution in [0.3, 0.4) is 0 Å². The zero-order valence-electron chi connectivity index (χ0n) is 26.0. The predicted octanol–water partition coefficient (Wildman–Crippen LogP) is 2.58. The van der Waals surface area contributed by atoms with Crippen molar-refractivity contribution in [2.24, 2.45) is 17.8 Å². The number of hydrogen-bond acceptors (Lipinski definition) is 8. The maximum atomic E-state index is 12.9. The Balaban J connectivity index is 2.41. The second kappa shape index (κ2) is 21.0. The zero-order valence-corrected chi connectivity index (χ0v) is 28.2. The topological polar surface area (TPSA) is 161 Å². The minimum absolute atomic E-state index is 0.0477. The fourth-order valence-corrected chi connectivity index (χ4v) is 3.71. The first-order chi connectivity index (χ1) is 20.3. The summed E-state index contributed by atoms with van der Waals surface area (Å²) in [6, 6.07) is 5.20. The lowest BCUT2D eigenvalue weighted by molar-refractivity contribution is -0.150. The quantitative estimate of drug-likeness (QED) is 0.0693. The molecule has 0 aliphatic carbocycles. The number of halogens is 1. The maximum Gasteiger partial charge on any atom is 0.309 e. The lowest BCUT2D eigenvalue weighted by atomic mass is 9.99. The molecular weight excluding hydrogens is 671 g/mol. The number of anilines is 1. The van der Waals surface area contributed by atoms with E-state index in [1.165, 1.54) is 0 Å². The highest BCUT2D eigenvalue weighted by Gasteiger charge is 2.27. The Morgan fingerprint density at radius 1 is 0.767 bits per heavy atom. The number of rotatable bonds is 20. The van der Waals surface area contributed by atoms with Gasteiger partial charge in [-0.3, -0.25) is 24.0 Å². The van der Waals surface area contributed by atoms with Gasteiger partial charge in [0.15, 0.2) is 0 Å². The second-order valence-electron chi connectivity index (χ2n) is 10.8. The molecule has 12 nitrogen and oxygen atoms in total. The number of nitrogens with one attached hydrogen (secondary N) is 4. The normalized spacial score (nSPS) is 13.1. The summed E-state index contributed by atoms with van der Waals surface area (Å²) >= 11 is 1.98.